The molecule has 88 valence electrons. The first-order chi connectivity index (χ1) is 7.66. The van der Waals surface area contributed by atoms with Gasteiger partial charge in [0.05, 0.1) is 5.54 Å². The maximum atomic E-state index is 5.95. The number of anilines is 1. The van der Waals surface area contributed by atoms with Crippen molar-refractivity contribution >= 4 is 33.4 Å². The molecule has 2 atom stereocenters. The van der Waals surface area contributed by atoms with Crippen LogP contribution in [-0.4, -0.2) is 23.1 Å². The van der Waals surface area contributed by atoms with E-state index < -0.39 is 0 Å². The van der Waals surface area contributed by atoms with Crippen LogP contribution < -0.4 is 11.1 Å². The fourth-order valence-corrected chi connectivity index (χ4v) is 3.78. The standard InChI is InChI=1S/C12H17BrN2S/c1-9-12(8-14,6-7-16-9)15-11-4-2-10(13)3-5-11/h2-5,9,15H,6-8,14H2,1H3. The summed E-state index contributed by atoms with van der Waals surface area (Å²) in [6, 6.07) is 8.30. The Morgan fingerprint density at radius 2 is 2.19 bits per heavy atom. The number of nitrogens with one attached hydrogen (secondary N) is 1. The highest BCUT2D eigenvalue weighted by Crippen LogP contribution is 2.37. The van der Waals surface area contributed by atoms with E-state index in [9.17, 15) is 0 Å². The highest BCUT2D eigenvalue weighted by molar-refractivity contribution is 9.10. The van der Waals surface area contributed by atoms with Crippen molar-refractivity contribution in [3.05, 3.63) is 28.7 Å². The van der Waals surface area contributed by atoms with Gasteiger partial charge in [0.25, 0.3) is 0 Å². The maximum Gasteiger partial charge on any atom is 0.0619 e. The average Bonchev–Trinajstić information content (AvgIpc) is 2.64. The van der Waals surface area contributed by atoms with Crippen LogP contribution in [0.3, 0.4) is 0 Å². The largest absolute Gasteiger partial charge is 0.377 e. The molecule has 1 aliphatic heterocycles. The van der Waals surface area contributed by atoms with Gasteiger partial charge in [-0.25, -0.2) is 0 Å². The summed E-state index contributed by atoms with van der Waals surface area (Å²) < 4.78 is 1.11. The van der Waals surface area contributed by atoms with Crippen molar-refractivity contribution in [3.63, 3.8) is 0 Å². The molecule has 3 N–H and O–H groups in total. The Bertz CT molecular complexity index is 355. The summed E-state index contributed by atoms with van der Waals surface area (Å²) in [5.41, 5.74) is 7.18. The van der Waals surface area contributed by atoms with E-state index in [0.29, 0.717) is 11.8 Å². The molecular weight excluding hydrogens is 284 g/mol. The number of nitrogens with two attached hydrogens (primary N) is 1. The lowest BCUT2D eigenvalue weighted by molar-refractivity contribution is 0.480. The fraction of sp³-hybridized carbons (Fsp3) is 0.500. The van der Waals surface area contributed by atoms with Crippen molar-refractivity contribution in [1.82, 2.24) is 0 Å². The molecule has 1 aromatic rings. The average molecular weight is 301 g/mol. The van der Waals surface area contributed by atoms with Crippen LogP contribution in [0.2, 0.25) is 0 Å². The summed E-state index contributed by atoms with van der Waals surface area (Å²) in [5.74, 6) is 1.20. The van der Waals surface area contributed by atoms with Gasteiger partial charge < -0.3 is 11.1 Å². The molecule has 2 nitrogen and oxygen atoms in total. The van der Waals surface area contributed by atoms with Crippen molar-refractivity contribution in [2.75, 3.05) is 17.6 Å². The van der Waals surface area contributed by atoms with E-state index >= 15 is 0 Å². The van der Waals surface area contributed by atoms with E-state index in [1.165, 1.54) is 5.75 Å². The van der Waals surface area contributed by atoms with Gasteiger partial charge in [0, 0.05) is 22.0 Å². The third-order valence-electron chi connectivity index (χ3n) is 3.30. The Hall–Kier alpha value is -0.190. The lowest BCUT2D eigenvalue weighted by Gasteiger charge is -2.34. The van der Waals surface area contributed by atoms with E-state index in [-0.39, 0.29) is 5.54 Å². The van der Waals surface area contributed by atoms with E-state index in [2.05, 4.69) is 52.4 Å². The molecule has 1 heterocycles. The zero-order valence-corrected chi connectivity index (χ0v) is 11.8. The van der Waals surface area contributed by atoms with Gasteiger partial charge in [0.1, 0.15) is 0 Å². The smallest absolute Gasteiger partial charge is 0.0619 e. The first kappa shape index (κ1) is 12.3. The lowest BCUT2D eigenvalue weighted by atomic mass is 9.92. The first-order valence-electron chi connectivity index (χ1n) is 5.52. The van der Waals surface area contributed by atoms with Crippen molar-refractivity contribution in [3.8, 4) is 0 Å². The van der Waals surface area contributed by atoms with Gasteiger partial charge in [-0.05, 0) is 36.4 Å². The molecule has 16 heavy (non-hydrogen) atoms. The third-order valence-corrected chi connectivity index (χ3v) is 5.22. The Balaban J connectivity index is 2.15. The van der Waals surface area contributed by atoms with Crippen molar-refractivity contribution in [2.24, 2.45) is 5.73 Å². The van der Waals surface area contributed by atoms with Crippen LogP contribution in [0.5, 0.6) is 0 Å². The molecule has 1 aliphatic rings. The summed E-state index contributed by atoms with van der Waals surface area (Å²) in [5, 5.41) is 4.18. The number of halogens is 1. The number of thioether (sulfide) groups is 1. The van der Waals surface area contributed by atoms with Crippen LogP contribution in [0, 0.1) is 0 Å². The summed E-state index contributed by atoms with van der Waals surface area (Å²) in [4.78, 5) is 0. The first-order valence-corrected chi connectivity index (χ1v) is 7.36. The minimum absolute atomic E-state index is 0.0680. The second kappa shape index (κ2) is 4.98. The number of hydrogen-bond acceptors (Lipinski definition) is 3. The van der Waals surface area contributed by atoms with Crippen LogP contribution in [0.15, 0.2) is 28.7 Å². The Morgan fingerprint density at radius 1 is 1.50 bits per heavy atom. The van der Waals surface area contributed by atoms with Gasteiger partial charge in [0.2, 0.25) is 0 Å². The van der Waals surface area contributed by atoms with Crippen molar-refractivity contribution < 1.29 is 0 Å². The zero-order chi connectivity index (χ0) is 11.6. The second-order valence-electron chi connectivity index (χ2n) is 4.26. The monoisotopic (exact) mass is 300 g/mol. The predicted octanol–water partition coefficient (Wildman–Crippen LogP) is 3.08. The van der Waals surface area contributed by atoms with Gasteiger partial charge in [-0.1, -0.05) is 22.9 Å². The third kappa shape index (κ3) is 2.39. The minimum atomic E-state index is 0.0680. The molecular formula is C12H17BrN2S. The highest BCUT2D eigenvalue weighted by Gasteiger charge is 2.39. The van der Waals surface area contributed by atoms with Crippen LogP contribution in [-0.2, 0) is 0 Å². The Morgan fingerprint density at radius 3 is 2.69 bits per heavy atom. The quantitative estimate of drug-likeness (QED) is 0.901. The molecule has 0 saturated carbocycles. The summed E-state index contributed by atoms with van der Waals surface area (Å²) in [7, 11) is 0. The van der Waals surface area contributed by atoms with E-state index in [1.54, 1.807) is 0 Å². The van der Waals surface area contributed by atoms with Gasteiger partial charge >= 0.3 is 0 Å². The molecule has 0 bridgehead atoms. The Labute approximate surface area is 109 Å². The molecule has 1 fully saturated rings. The van der Waals surface area contributed by atoms with Gasteiger partial charge in [-0.15, -0.1) is 0 Å². The molecule has 0 spiro atoms. The second-order valence-corrected chi connectivity index (χ2v) is 6.62. The van der Waals surface area contributed by atoms with Crippen LogP contribution in [0.4, 0.5) is 5.69 Å². The van der Waals surface area contributed by atoms with E-state index in [4.69, 9.17) is 5.73 Å². The minimum Gasteiger partial charge on any atom is -0.377 e. The van der Waals surface area contributed by atoms with Crippen LogP contribution in [0.1, 0.15) is 13.3 Å². The molecule has 0 radical (unpaired) electrons. The molecule has 1 saturated heterocycles. The lowest BCUT2D eigenvalue weighted by Crippen LogP contribution is -2.49. The van der Waals surface area contributed by atoms with Crippen LogP contribution in [0.25, 0.3) is 0 Å². The fourth-order valence-electron chi connectivity index (χ4n) is 2.08. The van der Waals surface area contributed by atoms with Crippen molar-refractivity contribution in [2.45, 2.75) is 24.1 Å². The van der Waals surface area contributed by atoms with Gasteiger partial charge in [0.15, 0.2) is 0 Å². The molecule has 0 aromatic heterocycles. The number of hydrogen-bond donors (Lipinski definition) is 2. The summed E-state index contributed by atoms with van der Waals surface area (Å²) in [6.45, 7) is 2.95. The molecule has 0 aliphatic carbocycles. The molecule has 1 aromatic carbocycles. The molecule has 2 unspecified atom stereocenters. The van der Waals surface area contributed by atoms with Gasteiger partial charge in [-0.3, -0.25) is 0 Å². The normalized spacial score (nSPS) is 29.3. The Kier molecular flexibility index (Phi) is 3.82. The molecule has 4 heteroatoms. The summed E-state index contributed by atoms with van der Waals surface area (Å²) >= 11 is 5.44. The SMILES string of the molecule is CC1SCCC1(CN)Nc1ccc(Br)cc1. The summed E-state index contributed by atoms with van der Waals surface area (Å²) in [6.07, 6.45) is 1.14. The van der Waals surface area contributed by atoms with Crippen molar-refractivity contribution in [1.29, 1.82) is 0 Å². The van der Waals surface area contributed by atoms with Gasteiger partial charge in [-0.2, -0.15) is 11.8 Å². The number of benzene rings is 1. The zero-order valence-electron chi connectivity index (χ0n) is 9.37. The highest BCUT2D eigenvalue weighted by atomic mass is 79.9. The van der Waals surface area contributed by atoms with Crippen LogP contribution >= 0.6 is 27.7 Å². The van der Waals surface area contributed by atoms with E-state index in [1.807, 2.05) is 11.8 Å². The topological polar surface area (TPSA) is 38.0 Å². The number of rotatable bonds is 3. The predicted molar refractivity (Wildman–Crippen MR) is 76.1 cm³/mol. The maximum absolute atomic E-state index is 5.95. The molecule has 2 rings (SSSR count). The molecule has 0 amide bonds. The van der Waals surface area contributed by atoms with E-state index in [0.717, 1.165) is 16.6 Å².